The summed E-state index contributed by atoms with van der Waals surface area (Å²) in [6.45, 7) is 5.12. The quantitative estimate of drug-likeness (QED) is 0.648. The van der Waals surface area contributed by atoms with Gasteiger partial charge < -0.3 is 15.0 Å². The SMILES string of the molecule is CN1CCN(Cc2ccc3c(c2)c(=O)[nH]c2ncnc([C@H]4CC[C@H](O)CC4)c23)CC1. The zero-order chi connectivity index (χ0) is 20.7. The molecule has 2 aromatic heterocycles. The molecule has 0 bridgehead atoms. The number of nitrogens with one attached hydrogen (secondary N) is 1. The van der Waals surface area contributed by atoms with E-state index in [1.165, 1.54) is 0 Å². The van der Waals surface area contributed by atoms with Crippen LogP contribution >= 0.6 is 0 Å². The lowest BCUT2D eigenvalue weighted by Gasteiger charge is -2.32. The molecular formula is C23H29N5O2. The predicted molar refractivity (Wildman–Crippen MR) is 118 cm³/mol. The minimum atomic E-state index is -0.206. The summed E-state index contributed by atoms with van der Waals surface area (Å²) in [5.74, 6) is 0.290. The van der Waals surface area contributed by atoms with Gasteiger partial charge in [0.15, 0.2) is 0 Å². The Bertz CT molecular complexity index is 1110. The fourth-order valence-corrected chi connectivity index (χ4v) is 4.95. The summed E-state index contributed by atoms with van der Waals surface area (Å²) < 4.78 is 0. The maximum atomic E-state index is 12.8. The van der Waals surface area contributed by atoms with Crippen LogP contribution in [0.3, 0.4) is 0 Å². The van der Waals surface area contributed by atoms with Crippen LogP contribution in [0.4, 0.5) is 0 Å². The van der Waals surface area contributed by atoms with Crippen LogP contribution in [-0.2, 0) is 6.54 Å². The highest BCUT2D eigenvalue weighted by Crippen LogP contribution is 2.36. The zero-order valence-electron chi connectivity index (χ0n) is 17.5. The van der Waals surface area contributed by atoms with Crippen LogP contribution in [0.15, 0.2) is 29.3 Å². The molecule has 158 valence electrons. The van der Waals surface area contributed by atoms with Crippen LogP contribution in [0.5, 0.6) is 0 Å². The molecule has 1 aromatic carbocycles. The van der Waals surface area contributed by atoms with Crippen LogP contribution in [0, 0.1) is 0 Å². The molecule has 0 amide bonds. The van der Waals surface area contributed by atoms with E-state index >= 15 is 0 Å². The van der Waals surface area contributed by atoms with E-state index < -0.39 is 0 Å². The number of benzene rings is 1. The van der Waals surface area contributed by atoms with Crippen molar-refractivity contribution in [3.8, 4) is 0 Å². The van der Waals surface area contributed by atoms with Gasteiger partial charge in [-0.15, -0.1) is 0 Å². The Morgan fingerprint density at radius 3 is 2.60 bits per heavy atom. The summed E-state index contributed by atoms with van der Waals surface area (Å²) >= 11 is 0. The summed E-state index contributed by atoms with van der Waals surface area (Å²) in [7, 11) is 2.16. The van der Waals surface area contributed by atoms with Gasteiger partial charge in [0.05, 0.1) is 11.8 Å². The summed E-state index contributed by atoms with van der Waals surface area (Å²) in [6, 6.07) is 6.25. The minimum absolute atomic E-state index is 0.0959. The van der Waals surface area contributed by atoms with Crippen LogP contribution in [0.2, 0.25) is 0 Å². The van der Waals surface area contributed by atoms with Crippen LogP contribution in [0.1, 0.15) is 42.9 Å². The Kier molecular flexibility index (Phi) is 5.26. The summed E-state index contributed by atoms with van der Waals surface area (Å²) in [5.41, 5.74) is 2.67. The number of aromatic amines is 1. The summed E-state index contributed by atoms with van der Waals surface area (Å²) in [6.07, 6.45) is 4.76. The fourth-order valence-electron chi connectivity index (χ4n) is 4.95. The number of piperazine rings is 1. The van der Waals surface area contributed by atoms with Crippen molar-refractivity contribution < 1.29 is 5.11 Å². The highest BCUT2D eigenvalue weighted by Gasteiger charge is 2.25. The number of aliphatic hydroxyl groups excluding tert-OH is 1. The zero-order valence-corrected chi connectivity index (χ0v) is 17.5. The monoisotopic (exact) mass is 407 g/mol. The van der Waals surface area contributed by atoms with E-state index in [-0.39, 0.29) is 17.6 Å². The van der Waals surface area contributed by atoms with Crippen LogP contribution < -0.4 is 5.56 Å². The molecule has 2 N–H and O–H groups in total. The highest BCUT2D eigenvalue weighted by molar-refractivity contribution is 6.05. The third-order valence-electron chi connectivity index (χ3n) is 6.79. The third-order valence-corrected chi connectivity index (χ3v) is 6.79. The van der Waals surface area contributed by atoms with Gasteiger partial charge in [0.1, 0.15) is 12.0 Å². The molecule has 0 spiro atoms. The smallest absolute Gasteiger partial charge is 0.257 e. The molecule has 0 atom stereocenters. The first kappa shape index (κ1) is 19.6. The molecule has 0 unspecified atom stereocenters. The summed E-state index contributed by atoms with van der Waals surface area (Å²) in [4.78, 5) is 29.6. The lowest BCUT2D eigenvalue weighted by molar-refractivity contribution is 0.122. The minimum Gasteiger partial charge on any atom is -0.393 e. The van der Waals surface area contributed by atoms with E-state index in [1.54, 1.807) is 6.33 Å². The average Bonchev–Trinajstić information content (AvgIpc) is 2.76. The van der Waals surface area contributed by atoms with Crippen molar-refractivity contribution >= 4 is 21.8 Å². The highest BCUT2D eigenvalue weighted by atomic mass is 16.3. The Balaban J connectivity index is 1.54. The predicted octanol–water partition coefficient (Wildman–Crippen LogP) is 2.24. The molecule has 7 nitrogen and oxygen atoms in total. The Morgan fingerprint density at radius 1 is 1.07 bits per heavy atom. The lowest BCUT2D eigenvalue weighted by atomic mass is 9.83. The Labute approximate surface area is 175 Å². The van der Waals surface area contributed by atoms with Gasteiger partial charge in [-0.05, 0) is 49.7 Å². The molecule has 7 heteroatoms. The van der Waals surface area contributed by atoms with Gasteiger partial charge in [-0.3, -0.25) is 9.69 Å². The number of aromatic nitrogens is 3. The first-order chi connectivity index (χ1) is 14.6. The number of aliphatic hydroxyl groups is 1. The normalized spacial score (nSPS) is 23.9. The van der Waals surface area contributed by atoms with Gasteiger partial charge in [-0.1, -0.05) is 12.1 Å². The number of likely N-dealkylation sites (N-methyl/N-ethyl adjacent to an activating group) is 1. The van der Waals surface area contributed by atoms with E-state index in [4.69, 9.17) is 0 Å². The van der Waals surface area contributed by atoms with E-state index in [0.29, 0.717) is 11.0 Å². The number of fused-ring (bicyclic) bond motifs is 3. The van der Waals surface area contributed by atoms with E-state index in [1.807, 2.05) is 6.07 Å². The van der Waals surface area contributed by atoms with Gasteiger partial charge in [-0.2, -0.15) is 0 Å². The molecule has 1 saturated heterocycles. The van der Waals surface area contributed by atoms with Crippen molar-refractivity contribution in [1.82, 2.24) is 24.8 Å². The largest absolute Gasteiger partial charge is 0.393 e. The van der Waals surface area contributed by atoms with E-state index in [9.17, 15) is 9.90 Å². The number of nitrogens with zero attached hydrogens (tertiary/aromatic N) is 4. The molecule has 3 aromatic rings. The number of pyridine rings is 1. The molecule has 0 radical (unpaired) electrons. The molecule has 1 saturated carbocycles. The first-order valence-electron chi connectivity index (χ1n) is 11.0. The van der Waals surface area contributed by atoms with Crippen molar-refractivity contribution in [2.45, 2.75) is 44.2 Å². The topological polar surface area (TPSA) is 85.4 Å². The van der Waals surface area contributed by atoms with Crippen molar-refractivity contribution in [1.29, 1.82) is 0 Å². The van der Waals surface area contributed by atoms with Crippen molar-refractivity contribution in [2.24, 2.45) is 0 Å². The maximum absolute atomic E-state index is 12.8. The van der Waals surface area contributed by atoms with Crippen LogP contribution in [0.25, 0.3) is 21.8 Å². The molecule has 2 fully saturated rings. The second-order valence-electron chi connectivity index (χ2n) is 8.90. The van der Waals surface area contributed by atoms with E-state index in [2.05, 4.69) is 43.9 Å². The van der Waals surface area contributed by atoms with Crippen molar-refractivity contribution in [2.75, 3.05) is 33.2 Å². The number of hydrogen-bond acceptors (Lipinski definition) is 6. The van der Waals surface area contributed by atoms with Gasteiger partial charge in [0, 0.05) is 49.4 Å². The molecule has 1 aliphatic heterocycles. The van der Waals surface area contributed by atoms with Crippen molar-refractivity contribution in [3.05, 3.63) is 46.1 Å². The second kappa shape index (κ2) is 8.06. The fraction of sp³-hybridized carbons (Fsp3) is 0.522. The Morgan fingerprint density at radius 2 is 1.83 bits per heavy atom. The molecule has 30 heavy (non-hydrogen) atoms. The van der Waals surface area contributed by atoms with Gasteiger partial charge >= 0.3 is 0 Å². The maximum Gasteiger partial charge on any atom is 0.257 e. The number of H-pyrrole nitrogens is 1. The van der Waals surface area contributed by atoms with Crippen molar-refractivity contribution in [3.63, 3.8) is 0 Å². The Hall–Kier alpha value is -2.35. The standard InChI is InChI=1S/C23H29N5O2/c1-27-8-10-28(11-9-27)13-15-2-7-18-19(12-15)23(30)26-22-20(18)21(24-14-25-22)16-3-5-17(29)6-4-16/h2,7,12,14,16-17,29H,3-6,8-11,13H2,1H3,(H,24,25,26,30)/t16-,17-. The van der Waals surface area contributed by atoms with Crippen LogP contribution in [-0.4, -0.2) is 69.2 Å². The number of rotatable bonds is 3. The average molecular weight is 408 g/mol. The molecule has 2 aliphatic rings. The first-order valence-corrected chi connectivity index (χ1v) is 11.0. The molecule has 5 rings (SSSR count). The number of hydrogen-bond donors (Lipinski definition) is 2. The molecule has 1 aliphatic carbocycles. The molecule has 3 heterocycles. The lowest BCUT2D eigenvalue weighted by Crippen LogP contribution is -2.43. The van der Waals surface area contributed by atoms with E-state index in [0.717, 1.165) is 80.4 Å². The third kappa shape index (κ3) is 3.73. The summed E-state index contributed by atoms with van der Waals surface area (Å²) in [5, 5.41) is 12.5. The van der Waals surface area contributed by atoms with Gasteiger partial charge in [0.25, 0.3) is 5.56 Å². The van der Waals surface area contributed by atoms with Gasteiger partial charge in [-0.25, -0.2) is 9.97 Å². The van der Waals surface area contributed by atoms with Gasteiger partial charge in [0.2, 0.25) is 0 Å². The molecular weight excluding hydrogens is 378 g/mol. The second-order valence-corrected chi connectivity index (χ2v) is 8.90.